The summed E-state index contributed by atoms with van der Waals surface area (Å²) in [6, 6.07) is 15.2. The first kappa shape index (κ1) is 12.5. The van der Waals surface area contributed by atoms with Crippen molar-refractivity contribution in [2.45, 2.75) is 0 Å². The molecular formula is C17H11N3O2. The minimum atomic E-state index is 0.457. The topological polar surface area (TPSA) is 65.0 Å². The summed E-state index contributed by atoms with van der Waals surface area (Å²) in [6.45, 7) is 0. The van der Waals surface area contributed by atoms with Crippen LogP contribution in [0, 0.1) is 0 Å². The molecule has 3 heterocycles. The zero-order chi connectivity index (χ0) is 14.8. The van der Waals surface area contributed by atoms with E-state index in [1.54, 1.807) is 18.7 Å². The summed E-state index contributed by atoms with van der Waals surface area (Å²) >= 11 is 0. The van der Waals surface area contributed by atoms with Crippen LogP contribution < -0.4 is 0 Å². The van der Waals surface area contributed by atoms with Crippen LogP contribution in [-0.2, 0) is 0 Å². The van der Waals surface area contributed by atoms with Gasteiger partial charge in [0.05, 0.1) is 6.26 Å². The van der Waals surface area contributed by atoms with E-state index in [0.717, 1.165) is 22.5 Å². The zero-order valence-electron chi connectivity index (χ0n) is 11.5. The third-order valence-electron chi connectivity index (χ3n) is 3.30. The lowest BCUT2D eigenvalue weighted by atomic mass is 10.1. The maximum absolute atomic E-state index is 5.80. The second-order valence-electron chi connectivity index (χ2n) is 4.67. The lowest BCUT2D eigenvalue weighted by molar-refractivity contribution is 0.576. The second kappa shape index (κ2) is 5.29. The van der Waals surface area contributed by atoms with Crippen LogP contribution in [0.25, 0.3) is 34.2 Å². The monoisotopic (exact) mass is 289 g/mol. The first-order chi connectivity index (χ1) is 10.9. The van der Waals surface area contributed by atoms with Crippen LogP contribution in [-0.4, -0.2) is 15.2 Å². The molecule has 0 aliphatic carbocycles. The maximum atomic E-state index is 5.80. The van der Waals surface area contributed by atoms with E-state index in [4.69, 9.17) is 8.83 Å². The van der Waals surface area contributed by atoms with Gasteiger partial charge in [-0.15, -0.1) is 10.2 Å². The summed E-state index contributed by atoms with van der Waals surface area (Å²) in [5.74, 6) is 1.68. The molecule has 0 saturated carbocycles. The lowest BCUT2D eigenvalue weighted by Crippen LogP contribution is -1.83. The molecule has 5 nitrogen and oxygen atoms in total. The predicted octanol–water partition coefficient (Wildman–Crippen LogP) is 4.06. The molecule has 0 radical (unpaired) electrons. The van der Waals surface area contributed by atoms with E-state index in [0.29, 0.717) is 11.8 Å². The van der Waals surface area contributed by atoms with E-state index in [2.05, 4.69) is 15.2 Å². The highest BCUT2D eigenvalue weighted by Crippen LogP contribution is 2.32. The average molecular weight is 289 g/mol. The van der Waals surface area contributed by atoms with Crippen molar-refractivity contribution in [2.24, 2.45) is 0 Å². The van der Waals surface area contributed by atoms with Crippen molar-refractivity contribution < 1.29 is 8.83 Å². The lowest BCUT2D eigenvalue weighted by Gasteiger charge is -2.02. The van der Waals surface area contributed by atoms with Gasteiger partial charge in [-0.05, 0) is 30.3 Å². The van der Waals surface area contributed by atoms with Crippen molar-refractivity contribution in [3.8, 4) is 34.2 Å². The highest BCUT2D eigenvalue weighted by molar-refractivity contribution is 5.77. The summed E-state index contributed by atoms with van der Waals surface area (Å²) in [5, 5.41) is 8.26. The standard InChI is InChI=1S/C17H11N3O2/c1-2-5-14(13(4-1)15-6-3-11-21-15)17-20-19-16(22-17)12-7-9-18-10-8-12/h1-11H. The fourth-order valence-electron chi connectivity index (χ4n) is 2.26. The number of pyridine rings is 1. The van der Waals surface area contributed by atoms with E-state index in [9.17, 15) is 0 Å². The molecule has 4 rings (SSSR count). The van der Waals surface area contributed by atoms with Gasteiger partial charge in [0.1, 0.15) is 5.76 Å². The number of furan rings is 1. The van der Waals surface area contributed by atoms with Crippen LogP contribution in [0.3, 0.4) is 0 Å². The SMILES string of the molecule is c1coc(-c2ccccc2-c2nnc(-c3ccncc3)o2)c1. The Labute approximate surface area is 126 Å². The third kappa shape index (κ3) is 2.18. The van der Waals surface area contributed by atoms with Crippen molar-refractivity contribution in [3.05, 3.63) is 67.2 Å². The molecule has 5 heteroatoms. The molecule has 0 atom stereocenters. The Balaban J connectivity index is 1.80. The Hall–Kier alpha value is -3.21. The van der Waals surface area contributed by atoms with Crippen LogP contribution in [0.15, 0.2) is 76.0 Å². The number of hydrogen-bond acceptors (Lipinski definition) is 5. The molecule has 0 spiro atoms. The van der Waals surface area contributed by atoms with E-state index >= 15 is 0 Å². The molecule has 1 aromatic carbocycles. The van der Waals surface area contributed by atoms with Gasteiger partial charge in [0.25, 0.3) is 0 Å². The van der Waals surface area contributed by atoms with Gasteiger partial charge >= 0.3 is 0 Å². The Kier molecular flexibility index (Phi) is 3.01. The fraction of sp³-hybridized carbons (Fsp3) is 0. The summed E-state index contributed by atoms with van der Waals surface area (Å²) in [5.41, 5.74) is 2.59. The zero-order valence-corrected chi connectivity index (χ0v) is 11.5. The van der Waals surface area contributed by atoms with Crippen molar-refractivity contribution in [3.63, 3.8) is 0 Å². The van der Waals surface area contributed by atoms with Gasteiger partial charge in [0.2, 0.25) is 11.8 Å². The molecule has 106 valence electrons. The average Bonchev–Trinajstić information content (AvgIpc) is 3.28. The number of benzene rings is 1. The summed E-state index contributed by atoms with van der Waals surface area (Å²) in [7, 11) is 0. The summed E-state index contributed by atoms with van der Waals surface area (Å²) in [6.07, 6.45) is 5.02. The molecule has 0 unspecified atom stereocenters. The Bertz CT molecular complexity index is 883. The van der Waals surface area contributed by atoms with Gasteiger partial charge in [0, 0.05) is 29.1 Å². The molecule has 0 saturated heterocycles. The van der Waals surface area contributed by atoms with E-state index in [1.165, 1.54) is 0 Å². The van der Waals surface area contributed by atoms with Gasteiger partial charge in [-0.3, -0.25) is 4.98 Å². The molecule has 0 N–H and O–H groups in total. The number of rotatable bonds is 3. The van der Waals surface area contributed by atoms with E-state index in [1.807, 2.05) is 48.5 Å². The second-order valence-corrected chi connectivity index (χ2v) is 4.67. The highest BCUT2D eigenvalue weighted by Gasteiger charge is 2.15. The Morgan fingerprint density at radius 1 is 0.727 bits per heavy atom. The van der Waals surface area contributed by atoms with Crippen LogP contribution >= 0.6 is 0 Å². The molecule has 0 amide bonds. The van der Waals surface area contributed by atoms with Crippen LogP contribution in [0.4, 0.5) is 0 Å². The minimum absolute atomic E-state index is 0.457. The number of hydrogen-bond donors (Lipinski definition) is 0. The quantitative estimate of drug-likeness (QED) is 0.569. The first-order valence-electron chi connectivity index (χ1n) is 6.79. The Morgan fingerprint density at radius 3 is 2.27 bits per heavy atom. The third-order valence-corrected chi connectivity index (χ3v) is 3.30. The Morgan fingerprint density at radius 2 is 1.50 bits per heavy atom. The van der Waals surface area contributed by atoms with Crippen LogP contribution in [0.5, 0.6) is 0 Å². The van der Waals surface area contributed by atoms with Gasteiger partial charge in [0.15, 0.2) is 0 Å². The normalized spacial score (nSPS) is 10.7. The molecule has 0 aliphatic heterocycles. The maximum Gasteiger partial charge on any atom is 0.248 e. The molecule has 3 aromatic heterocycles. The van der Waals surface area contributed by atoms with E-state index in [-0.39, 0.29) is 0 Å². The highest BCUT2D eigenvalue weighted by atomic mass is 16.4. The molecule has 4 aromatic rings. The predicted molar refractivity (Wildman–Crippen MR) is 80.7 cm³/mol. The minimum Gasteiger partial charge on any atom is -0.464 e. The summed E-state index contributed by atoms with van der Waals surface area (Å²) < 4.78 is 11.3. The van der Waals surface area contributed by atoms with Gasteiger partial charge < -0.3 is 8.83 Å². The van der Waals surface area contributed by atoms with Crippen molar-refractivity contribution in [1.82, 2.24) is 15.2 Å². The first-order valence-corrected chi connectivity index (χ1v) is 6.79. The largest absolute Gasteiger partial charge is 0.464 e. The van der Waals surface area contributed by atoms with Crippen molar-refractivity contribution in [1.29, 1.82) is 0 Å². The molecule has 0 fully saturated rings. The van der Waals surface area contributed by atoms with Gasteiger partial charge in [-0.1, -0.05) is 18.2 Å². The smallest absolute Gasteiger partial charge is 0.248 e. The number of aromatic nitrogens is 3. The molecule has 22 heavy (non-hydrogen) atoms. The molecule has 0 bridgehead atoms. The fourth-order valence-corrected chi connectivity index (χ4v) is 2.26. The van der Waals surface area contributed by atoms with Gasteiger partial charge in [-0.25, -0.2) is 0 Å². The van der Waals surface area contributed by atoms with Crippen LogP contribution in [0.1, 0.15) is 0 Å². The van der Waals surface area contributed by atoms with E-state index < -0.39 is 0 Å². The van der Waals surface area contributed by atoms with Crippen LogP contribution in [0.2, 0.25) is 0 Å². The summed E-state index contributed by atoms with van der Waals surface area (Å²) in [4.78, 5) is 3.98. The van der Waals surface area contributed by atoms with Crippen molar-refractivity contribution >= 4 is 0 Å². The van der Waals surface area contributed by atoms with Gasteiger partial charge in [-0.2, -0.15) is 0 Å². The van der Waals surface area contributed by atoms with Crippen molar-refractivity contribution in [2.75, 3.05) is 0 Å². The molecule has 0 aliphatic rings. The molecular weight excluding hydrogens is 278 g/mol. The number of nitrogens with zero attached hydrogens (tertiary/aromatic N) is 3.